The molecule has 3 rings (SSSR count). The number of para-hydroxylation sites is 1. The first-order valence-corrected chi connectivity index (χ1v) is 9.61. The molecule has 0 fully saturated rings. The fourth-order valence-corrected chi connectivity index (χ4v) is 3.45. The highest BCUT2D eigenvalue weighted by Crippen LogP contribution is 2.26. The second-order valence-corrected chi connectivity index (χ2v) is 7.31. The zero-order valence-electron chi connectivity index (χ0n) is 15.7. The molecule has 0 aliphatic heterocycles. The number of amides is 1. The first-order valence-electron chi connectivity index (χ1n) is 8.73. The SMILES string of the molecule is Cc1nc2ccccc2c(C)c1C(=O)OCC(=O)Nc1ccc(SC(F)F)cc1. The van der Waals surface area contributed by atoms with Crippen LogP contribution >= 0.6 is 11.8 Å². The maximum atomic E-state index is 12.5. The quantitative estimate of drug-likeness (QED) is 0.454. The molecule has 0 unspecified atom stereocenters. The van der Waals surface area contributed by atoms with Crippen LogP contribution in [0.5, 0.6) is 0 Å². The zero-order chi connectivity index (χ0) is 21.0. The summed E-state index contributed by atoms with van der Waals surface area (Å²) in [5.74, 6) is -3.67. The summed E-state index contributed by atoms with van der Waals surface area (Å²) in [5.41, 5.74) is 2.81. The van der Waals surface area contributed by atoms with E-state index in [0.717, 1.165) is 16.5 Å². The summed E-state index contributed by atoms with van der Waals surface area (Å²) in [4.78, 5) is 29.4. The summed E-state index contributed by atoms with van der Waals surface area (Å²) in [6, 6.07) is 13.4. The molecule has 1 amide bonds. The summed E-state index contributed by atoms with van der Waals surface area (Å²) >= 11 is 0.420. The highest BCUT2D eigenvalue weighted by Gasteiger charge is 2.18. The zero-order valence-corrected chi connectivity index (χ0v) is 16.6. The number of ether oxygens (including phenoxy) is 1. The predicted octanol–water partition coefficient (Wildman–Crippen LogP) is 4.96. The van der Waals surface area contributed by atoms with Crippen LogP contribution in [0.3, 0.4) is 0 Å². The number of nitrogens with zero attached hydrogens (tertiary/aromatic N) is 1. The summed E-state index contributed by atoms with van der Waals surface area (Å²) in [7, 11) is 0. The Bertz CT molecular complexity index is 1060. The molecule has 0 spiro atoms. The van der Waals surface area contributed by atoms with Crippen LogP contribution in [0.1, 0.15) is 21.6 Å². The van der Waals surface area contributed by atoms with E-state index in [1.54, 1.807) is 6.92 Å². The number of esters is 1. The Kier molecular flexibility index (Phi) is 6.43. The highest BCUT2D eigenvalue weighted by atomic mass is 32.2. The van der Waals surface area contributed by atoms with Crippen LogP contribution in [-0.2, 0) is 9.53 Å². The minimum absolute atomic E-state index is 0.338. The van der Waals surface area contributed by atoms with E-state index in [4.69, 9.17) is 4.74 Å². The number of rotatable bonds is 6. The maximum Gasteiger partial charge on any atom is 0.340 e. The minimum Gasteiger partial charge on any atom is -0.452 e. The van der Waals surface area contributed by atoms with Gasteiger partial charge in [-0.15, -0.1) is 0 Å². The molecule has 0 aliphatic carbocycles. The Hall–Kier alpha value is -3.00. The Morgan fingerprint density at radius 1 is 1.10 bits per heavy atom. The number of thioether (sulfide) groups is 1. The summed E-state index contributed by atoms with van der Waals surface area (Å²) < 4.78 is 29.8. The van der Waals surface area contributed by atoms with Gasteiger partial charge in [-0.1, -0.05) is 30.0 Å². The number of hydrogen-bond donors (Lipinski definition) is 1. The van der Waals surface area contributed by atoms with Crippen molar-refractivity contribution in [2.24, 2.45) is 0 Å². The number of aromatic nitrogens is 1. The number of alkyl halides is 2. The van der Waals surface area contributed by atoms with E-state index in [-0.39, 0.29) is 0 Å². The molecule has 0 bridgehead atoms. The Labute approximate surface area is 170 Å². The van der Waals surface area contributed by atoms with Crippen LogP contribution in [-0.4, -0.2) is 29.2 Å². The van der Waals surface area contributed by atoms with Gasteiger partial charge in [0.05, 0.1) is 16.8 Å². The van der Waals surface area contributed by atoms with Crippen molar-refractivity contribution in [3.63, 3.8) is 0 Å². The topological polar surface area (TPSA) is 68.3 Å². The van der Waals surface area contributed by atoms with Gasteiger partial charge in [0.1, 0.15) is 0 Å². The van der Waals surface area contributed by atoms with Gasteiger partial charge >= 0.3 is 5.97 Å². The molecule has 1 aromatic heterocycles. The molecule has 1 N–H and O–H groups in total. The molecule has 5 nitrogen and oxygen atoms in total. The van der Waals surface area contributed by atoms with Crippen molar-refractivity contribution >= 4 is 40.2 Å². The van der Waals surface area contributed by atoms with Gasteiger partial charge in [-0.2, -0.15) is 8.78 Å². The van der Waals surface area contributed by atoms with Gasteiger partial charge in [0.25, 0.3) is 11.7 Å². The van der Waals surface area contributed by atoms with Crippen molar-refractivity contribution in [1.82, 2.24) is 4.98 Å². The molecule has 3 aromatic rings. The number of pyridine rings is 1. The lowest BCUT2D eigenvalue weighted by Gasteiger charge is -2.12. The van der Waals surface area contributed by atoms with Crippen LogP contribution in [0.4, 0.5) is 14.5 Å². The number of hydrogen-bond acceptors (Lipinski definition) is 5. The van der Waals surface area contributed by atoms with Gasteiger partial charge in [0, 0.05) is 16.0 Å². The number of nitrogens with one attached hydrogen (secondary N) is 1. The van der Waals surface area contributed by atoms with Crippen LogP contribution in [0.25, 0.3) is 10.9 Å². The van der Waals surface area contributed by atoms with E-state index in [1.807, 2.05) is 31.2 Å². The number of halogens is 2. The molecule has 0 saturated heterocycles. The second-order valence-electron chi connectivity index (χ2n) is 6.24. The number of carbonyl (C=O) groups excluding carboxylic acids is 2. The molecule has 0 radical (unpaired) electrons. The van der Waals surface area contributed by atoms with Gasteiger partial charge < -0.3 is 10.1 Å². The van der Waals surface area contributed by atoms with E-state index in [2.05, 4.69) is 10.3 Å². The average Bonchev–Trinajstić information content (AvgIpc) is 2.67. The fraction of sp³-hybridized carbons (Fsp3) is 0.190. The third-order valence-corrected chi connectivity index (χ3v) is 4.96. The summed E-state index contributed by atoms with van der Waals surface area (Å²) in [6.45, 7) is 3.06. The van der Waals surface area contributed by atoms with Gasteiger partial charge in [-0.25, -0.2) is 4.79 Å². The lowest BCUT2D eigenvalue weighted by molar-refractivity contribution is -0.119. The van der Waals surface area contributed by atoms with Crippen molar-refractivity contribution in [3.8, 4) is 0 Å². The first kappa shape index (κ1) is 20.7. The summed E-state index contributed by atoms with van der Waals surface area (Å²) in [5, 5.41) is 3.40. The minimum atomic E-state index is -2.51. The van der Waals surface area contributed by atoms with Gasteiger partial charge in [-0.05, 0) is 49.7 Å². The van der Waals surface area contributed by atoms with E-state index in [0.29, 0.717) is 33.6 Å². The second kappa shape index (κ2) is 9.00. The Morgan fingerprint density at radius 2 is 1.79 bits per heavy atom. The summed E-state index contributed by atoms with van der Waals surface area (Å²) in [6.07, 6.45) is 0. The van der Waals surface area contributed by atoms with Gasteiger partial charge in [0.15, 0.2) is 6.61 Å². The van der Waals surface area contributed by atoms with Crippen molar-refractivity contribution < 1.29 is 23.1 Å². The first-order chi connectivity index (χ1) is 13.8. The van der Waals surface area contributed by atoms with E-state index < -0.39 is 24.2 Å². The Balaban J connectivity index is 1.63. The average molecular weight is 416 g/mol. The van der Waals surface area contributed by atoms with E-state index in [1.165, 1.54) is 24.3 Å². The Morgan fingerprint density at radius 3 is 2.48 bits per heavy atom. The molecular weight excluding hydrogens is 398 g/mol. The number of fused-ring (bicyclic) bond motifs is 1. The van der Waals surface area contributed by atoms with E-state index in [9.17, 15) is 18.4 Å². The smallest absolute Gasteiger partial charge is 0.340 e. The van der Waals surface area contributed by atoms with Gasteiger partial charge in [-0.3, -0.25) is 9.78 Å². The lowest BCUT2D eigenvalue weighted by Crippen LogP contribution is -2.22. The van der Waals surface area contributed by atoms with Crippen LogP contribution in [0.15, 0.2) is 53.4 Å². The molecule has 2 aromatic carbocycles. The molecule has 150 valence electrons. The van der Waals surface area contributed by atoms with Gasteiger partial charge in [0.2, 0.25) is 0 Å². The van der Waals surface area contributed by atoms with Crippen molar-refractivity contribution in [3.05, 3.63) is 65.4 Å². The molecule has 8 heteroatoms. The third-order valence-electron chi connectivity index (χ3n) is 4.23. The molecule has 0 saturated carbocycles. The third kappa shape index (κ3) is 5.08. The standard InChI is InChI=1S/C21H18F2N2O3S/c1-12-16-5-3-4-6-17(16)24-13(2)19(12)20(27)28-11-18(26)25-14-7-9-15(10-8-14)29-21(22)23/h3-10,21H,11H2,1-2H3,(H,25,26). The lowest BCUT2D eigenvalue weighted by atomic mass is 10.0. The van der Waals surface area contributed by atoms with Crippen molar-refractivity contribution in [2.45, 2.75) is 24.5 Å². The molecule has 0 atom stereocenters. The number of aryl methyl sites for hydroxylation is 2. The molecular formula is C21H18F2N2O3S. The predicted molar refractivity (Wildman–Crippen MR) is 108 cm³/mol. The van der Waals surface area contributed by atoms with Crippen LogP contribution in [0.2, 0.25) is 0 Å². The fourth-order valence-electron chi connectivity index (χ4n) is 2.95. The number of anilines is 1. The monoisotopic (exact) mass is 416 g/mol. The largest absolute Gasteiger partial charge is 0.452 e. The maximum absolute atomic E-state index is 12.5. The highest BCUT2D eigenvalue weighted by molar-refractivity contribution is 7.99. The van der Waals surface area contributed by atoms with Crippen LogP contribution < -0.4 is 5.32 Å². The van der Waals surface area contributed by atoms with Crippen molar-refractivity contribution in [2.75, 3.05) is 11.9 Å². The number of carbonyl (C=O) groups is 2. The normalized spacial score (nSPS) is 10.9. The van der Waals surface area contributed by atoms with Crippen LogP contribution in [0, 0.1) is 13.8 Å². The van der Waals surface area contributed by atoms with E-state index >= 15 is 0 Å². The number of benzene rings is 2. The molecule has 1 heterocycles. The van der Waals surface area contributed by atoms with Crippen molar-refractivity contribution in [1.29, 1.82) is 0 Å². The molecule has 29 heavy (non-hydrogen) atoms. The molecule has 0 aliphatic rings.